The van der Waals surface area contributed by atoms with Crippen molar-refractivity contribution in [1.29, 1.82) is 0 Å². The Hall–Kier alpha value is -2.28. The molecule has 2 rings (SSSR count). The fourth-order valence-corrected chi connectivity index (χ4v) is 1.46. The van der Waals surface area contributed by atoms with Gasteiger partial charge in [0, 0.05) is 5.56 Å². The molecule has 0 spiro atoms. The van der Waals surface area contributed by atoms with Gasteiger partial charge < -0.3 is 25.0 Å². The topological polar surface area (TPSA) is 105 Å². The van der Waals surface area contributed by atoms with Crippen molar-refractivity contribution in [3.63, 3.8) is 0 Å². The number of ether oxygens (including phenoxy) is 2. The molecule has 18 heavy (non-hydrogen) atoms. The summed E-state index contributed by atoms with van der Waals surface area (Å²) in [5, 5.41) is 19.7. The number of carboxylic acid groups (broad SMARTS) is 1. The molecular weight excluding hydrogens is 242 g/mol. The highest BCUT2D eigenvalue weighted by molar-refractivity contribution is 5.97. The Labute approximate surface area is 102 Å². The highest BCUT2D eigenvalue weighted by Gasteiger charge is 2.21. The third-order valence-corrected chi connectivity index (χ3v) is 2.42. The molecule has 0 aliphatic carbocycles. The number of aliphatic hydroxyl groups is 1. The molecule has 3 N–H and O–H groups in total. The fraction of sp³-hybridized carbons (Fsp3) is 0.273. The number of carboxylic acids is 1. The third kappa shape index (κ3) is 2.35. The number of nitrogens with one attached hydrogen (secondary N) is 1. The van der Waals surface area contributed by atoms with Gasteiger partial charge in [0.15, 0.2) is 17.5 Å². The van der Waals surface area contributed by atoms with E-state index in [1.165, 1.54) is 12.1 Å². The summed E-state index contributed by atoms with van der Waals surface area (Å²) in [6, 6.07) is 3.17. The van der Waals surface area contributed by atoms with Crippen molar-refractivity contribution in [2.24, 2.45) is 0 Å². The van der Waals surface area contributed by atoms with Crippen molar-refractivity contribution >= 4 is 11.9 Å². The third-order valence-electron chi connectivity index (χ3n) is 2.42. The minimum absolute atomic E-state index is 0.0921. The van der Waals surface area contributed by atoms with Crippen molar-refractivity contribution in [2.45, 2.75) is 6.04 Å². The minimum atomic E-state index is -1.33. The van der Waals surface area contributed by atoms with Gasteiger partial charge in [0.2, 0.25) is 6.79 Å². The Kier molecular flexibility index (Phi) is 3.33. The largest absolute Gasteiger partial charge is 0.480 e. The van der Waals surface area contributed by atoms with Crippen LogP contribution in [0.15, 0.2) is 18.2 Å². The predicted octanol–water partition coefficient (Wildman–Crippen LogP) is -0.409. The number of carbonyl (C=O) groups excluding carboxylic acids is 1. The summed E-state index contributed by atoms with van der Waals surface area (Å²) >= 11 is 0. The van der Waals surface area contributed by atoms with Gasteiger partial charge in [0.1, 0.15) is 0 Å². The SMILES string of the molecule is O=C(N[C@@H](CO)C(=O)O)c1ccc2c(c1)OCO2. The lowest BCUT2D eigenvalue weighted by Gasteiger charge is -2.11. The summed E-state index contributed by atoms with van der Waals surface area (Å²) in [6.45, 7) is -0.583. The molecule has 0 bridgehead atoms. The Morgan fingerprint density at radius 2 is 2.06 bits per heavy atom. The molecule has 0 radical (unpaired) electrons. The molecule has 1 amide bonds. The van der Waals surface area contributed by atoms with Crippen LogP contribution < -0.4 is 14.8 Å². The number of hydrogen-bond acceptors (Lipinski definition) is 5. The van der Waals surface area contributed by atoms with Crippen molar-refractivity contribution < 1.29 is 29.3 Å². The smallest absolute Gasteiger partial charge is 0.328 e. The van der Waals surface area contributed by atoms with Crippen LogP contribution in [0.1, 0.15) is 10.4 Å². The van der Waals surface area contributed by atoms with Crippen molar-refractivity contribution in [3.8, 4) is 11.5 Å². The van der Waals surface area contributed by atoms with Gasteiger partial charge in [-0.3, -0.25) is 4.79 Å². The van der Waals surface area contributed by atoms with E-state index in [2.05, 4.69) is 5.32 Å². The fourth-order valence-electron chi connectivity index (χ4n) is 1.46. The van der Waals surface area contributed by atoms with Crippen LogP contribution in [0.5, 0.6) is 11.5 Å². The van der Waals surface area contributed by atoms with Crippen LogP contribution in [0, 0.1) is 0 Å². The summed E-state index contributed by atoms with van der Waals surface area (Å²) in [5.74, 6) is -0.941. The number of carbonyl (C=O) groups is 2. The van der Waals surface area contributed by atoms with Crippen LogP contribution >= 0.6 is 0 Å². The maximum absolute atomic E-state index is 11.7. The van der Waals surface area contributed by atoms with E-state index in [0.717, 1.165) is 0 Å². The monoisotopic (exact) mass is 253 g/mol. The highest BCUT2D eigenvalue weighted by atomic mass is 16.7. The quantitative estimate of drug-likeness (QED) is 0.673. The first-order chi connectivity index (χ1) is 8.61. The summed E-state index contributed by atoms with van der Waals surface area (Å²) in [4.78, 5) is 22.4. The van der Waals surface area contributed by atoms with E-state index >= 15 is 0 Å². The molecule has 0 unspecified atom stereocenters. The molecule has 0 aromatic heterocycles. The van der Waals surface area contributed by atoms with Crippen LogP contribution in [0.25, 0.3) is 0 Å². The van der Waals surface area contributed by atoms with Crippen LogP contribution in [-0.2, 0) is 4.79 Å². The molecule has 96 valence electrons. The zero-order valence-electron chi connectivity index (χ0n) is 9.25. The van der Waals surface area contributed by atoms with Gasteiger partial charge in [-0.25, -0.2) is 4.79 Å². The average Bonchev–Trinajstić information content (AvgIpc) is 2.82. The maximum Gasteiger partial charge on any atom is 0.328 e. The first kappa shape index (κ1) is 12.2. The minimum Gasteiger partial charge on any atom is -0.480 e. The van der Waals surface area contributed by atoms with Gasteiger partial charge in [-0.1, -0.05) is 0 Å². The molecule has 1 aromatic rings. The van der Waals surface area contributed by atoms with E-state index in [4.69, 9.17) is 19.7 Å². The summed E-state index contributed by atoms with van der Waals surface area (Å²) in [7, 11) is 0. The van der Waals surface area contributed by atoms with Gasteiger partial charge in [-0.15, -0.1) is 0 Å². The van der Waals surface area contributed by atoms with Crippen LogP contribution in [-0.4, -0.2) is 41.5 Å². The van der Waals surface area contributed by atoms with Gasteiger partial charge >= 0.3 is 5.97 Å². The van der Waals surface area contributed by atoms with Gasteiger partial charge in [-0.2, -0.15) is 0 Å². The normalized spacial score (nSPS) is 14.1. The lowest BCUT2D eigenvalue weighted by molar-refractivity contribution is -0.140. The number of fused-ring (bicyclic) bond motifs is 1. The molecule has 0 fully saturated rings. The standard InChI is InChI=1S/C11H11NO6/c13-4-7(11(15)16)12-10(14)6-1-2-8-9(3-6)18-5-17-8/h1-3,7,13H,4-5H2,(H,12,14)(H,15,16)/t7-/m0/s1. The van der Waals surface area contributed by atoms with E-state index < -0.39 is 24.5 Å². The predicted molar refractivity (Wildman–Crippen MR) is 58.5 cm³/mol. The summed E-state index contributed by atoms with van der Waals surface area (Å²) in [5.41, 5.74) is 0.235. The Balaban J connectivity index is 2.12. The second-order valence-electron chi connectivity index (χ2n) is 3.61. The molecule has 1 heterocycles. The molecule has 1 aliphatic rings. The molecule has 0 saturated carbocycles. The zero-order valence-corrected chi connectivity index (χ0v) is 9.25. The summed E-state index contributed by atoms with van der Waals surface area (Å²) in [6.07, 6.45) is 0. The zero-order chi connectivity index (χ0) is 13.1. The van der Waals surface area contributed by atoms with E-state index in [0.29, 0.717) is 11.5 Å². The number of benzene rings is 1. The van der Waals surface area contributed by atoms with Crippen LogP contribution in [0.3, 0.4) is 0 Å². The molecule has 1 aliphatic heterocycles. The first-order valence-electron chi connectivity index (χ1n) is 5.16. The van der Waals surface area contributed by atoms with E-state index in [-0.39, 0.29) is 12.4 Å². The van der Waals surface area contributed by atoms with Gasteiger partial charge in [0.25, 0.3) is 5.91 Å². The highest BCUT2D eigenvalue weighted by Crippen LogP contribution is 2.32. The molecule has 7 nitrogen and oxygen atoms in total. The van der Waals surface area contributed by atoms with E-state index in [1.807, 2.05) is 0 Å². The number of aliphatic carboxylic acids is 1. The van der Waals surface area contributed by atoms with E-state index in [9.17, 15) is 9.59 Å². The molecule has 7 heteroatoms. The first-order valence-corrected chi connectivity index (χ1v) is 5.16. The lowest BCUT2D eigenvalue weighted by atomic mass is 10.1. The Morgan fingerprint density at radius 3 is 2.72 bits per heavy atom. The molecule has 1 aromatic carbocycles. The van der Waals surface area contributed by atoms with Crippen molar-refractivity contribution in [1.82, 2.24) is 5.32 Å². The van der Waals surface area contributed by atoms with Gasteiger partial charge in [-0.05, 0) is 18.2 Å². The number of aliphatic hydroxyl groups excluding tert-OH is 1. The Bertz CT molecular complexity index is 486. The number of hydrogen-bond donors (Lipinski definition) is 3. The molecule has 0 saturated heterocycles. The second kappa shape index (κ2) is 4.92. The van der Waals surface area contributed by atoms with Gasteiger partial charge in [0.05, 0.1) is 6.61 Å². The lowest BCUT2D eigenvalue weighted by Crippen LogP contribution is -2.43. The average molecular weight is 253 g/mol. The maximum atomic E-state index is 11.7. The van der Waals surface area contributed by atoms with Crippen LogP contribution in [0.4, 0.5) is 0 Å². The van der Waals surface area contributed by atoms with E-state index in [1.54, 1.807) is 6.07 Å². The second-order valence-corrected chi connectivity index (χ2v) is 3.61. The van der Waals surface area contributed by atoms with Crippen molar-refractivity contribution in [3.05, 3.63) is 23.8 Å². The summed E-state index contributed by atoms with van der Waals surface area (Å²) < 4.78 is 10.2. The number of rotatable bonds is 4. The molecule has 1 atom stereocenters. The molecular formula is C11H11NO6. The Morgan fingerprint density at radius 1 is 1.33 bits per heavy atom. The van der Waals surface area contributed by atoms with Crippen LogP contribution in [0.2, 0.25) is 0 Å². The van der Waals surface area contributed by atoms with Crippen molar-refractivity contribution in [2.75, 3.05) is 13.4 Å². The number of amides is 1.